The molecule has 0 saturated carbocycles. The molecule has 1 fully saturated rings. The predicted octanol–water partition coefficient (Wildman–Crippen LogP) is 2.49. The van der Waals surface area contributed by atoms with E-state index in [0.29, 0.717) is 5.92 Å². The molecular weight excluding hydrogens is 162 g/mol. The maximum Gasteiger partial charge on any atom is 0.124 e. The van der Waals surface area contributed by atoms with Gasteiger partial charge in [-0.05, 0) is 25.3 Å². The van der Waals surface area contributed by atoms with Gasteiger partial charge < -0.3 is 4.74 Å². The first-order valence-electron chi connectivity index (χ1n) is 5.60. The minimum absolute atomic E-state index is 0.0451. The average Bonchev–Trinajstić information content (AvgIpc) is 2.60. The van der Waals surface area contributed by atoms with Gasteiger partial charge in [-0.25, -0.2) is 0 Å². The maximum atomic E-state index is 5.97. The van der Waals surface area contributed by atoms with Crippen LogP contribution in [0.3, 0.4) is 0 Å². The van der Waals surface area contributed by atoms with E-state index in [4.69, 9.17) is 4.74 Å². The van der Waals surface area contributed by atoms with Crippen LogP contribution in [-0.2, 0) is 4.74 Å². The summed E-state index contributed by atoms with van der Waals surface area (Å²) < 4.78 is 5.97. The first-order chi connectivity index (χ1) is 6.21. The Bertz CT molecular complexity index is 160. The third-order valence-electron chi connectivity index (χ3n) is 3.52. The number of hydrogen-bond acceptors (Lipinski definition) is 2. The van der Waals surface area contributed by atoms with E-state index in [1.165, 1.54) is 6.42 Å². The Hall–Kier alpha value is -0.0800. The summed E-state index contributed by atoms with van der Waals surface area (Å²) >= 11 is 0. The summed E-state index contributed by atoms with van der Waals surface area (Å²) in [5.41, 5.74) is 0.0451. The van der Waals surface area contributed by atoms with E-state index >= 15 is 0 Å². The number of likely N-dealkylation sites (N-methyl/N-ethyl adjacent to an activating group) is 1. The molecule has 0 aliphatic carbocycles. The van der Waals surface area contributed by atoms with Crippen molar-refractivity contribution < 1.29 is 4.74 Å². The fraction of sp³-hybridized carbons (Fsp3) is 1.00. The van der Waals surface area contributed by atoms with Crippen molar-refractivity contribution in [3.05, 3.63) is 0 Å². The smallest absolute Gasteiger partial charge is 0.124 e. The highest BCUT2D eigenvalue weighted by molar-refractivity contribution is 4.88. The van der Waals surface area contributed by atoms with Crippen LogP contribution >= 0.6 is 0 Å². The molecule has 0 aromatic heterocycles. The van der Waals surface area contributed by atoms with Gasteiger partial charge in [-0.3, -0.25) is 4.90 Å². The summed E-state index contributed by atoms with van der Waals surface area (Å²) in [5.74, 6) is 0.639. The molecule has 1 heterocycles. The molecule has 0 aromatic carbocycles. The van der Waals surface area contributed by atoms with Crippen LogP contribution < -0.4 is 0 Å². The van der Waals surface area contributed by atoms with Crippen LogP contribution in [0.1, 0.15) is 40.5 Å². The molecular formula is C11H23NO. The second-order valence-electron chi connectivity index (χ2n) is 3.94. The third kappa shape index (κ3) is 1.75. The molecule has 1 aliphatic rings. The Morgan fingerprint density at radius 3 is 2.54 bits per heavy atom. The Morgan fingerprint density at radius 2 is 2.08 bits per heavy atom. The van der Waals surface area contributed by atoms with Gasteiger partial charge in [-0.2, -0.15) is 0 Å². The van der Waals surface area contributed by atoms with Crippen LogP contribution in [0.4, 0.5) is 0 Å². The summed E-state index contributed by atoms with van der Waals surface area (Å²) in [4.78, 5) is 2.49. The van der Waals surface area contributed by atoms with Crippen molar-refractivity contribution in [3.63, 3.8) is 0 Å². The van der Waals surface area contributed by atoms with Crippen LogP contribution in [0, 0.1) is 5.92 Å². The highest BCUT2D eigenvalue weighted by Gasteiger charge is 2.43. The van der Waals surface area contributed by atoms with E-state index in [2.05, 4.69) is 32.6 Å². The van der Waals surface area contributed by atoms with Crippen LogP contribution in [0.5, 0.6) is 0 Å². The van der Waals surface area contributed by atoms with Crippen molar-refractivity contribution in [2.45, 2.75) is 46.3 Å². The molecule has 0 radical (unpaired) electrons. The maximum absolute atomic E-state index is 5.97. The standard InChI is InChI=1S/C11H23NO/c1-5-10(4)11(6-2)12(7-3)8-9-13-11/h10H,5-9H2,1-4H3/t10-,11?/m0/s1. The van der Waals surface area contributed by atoms with Crippen LogP contribution in [0.15, 0.2) is 0 Å². The fourth-order valence-corrected chi connectivity index (χ4v) is 2.49. The highest BCUT2D eigenvalue weighted by Crippen LogP contribution is 2.35. The lowest BCUT2D eigenvalue weighted by Crippen LogP contribution is -2.49. The van der Waals surface area contributed by atoms with Gasteiger partial charge in [0.15, 0.2) is 0 Å². The zero-order valence-corrected chi connectivity index (χ0v) is 9.47. The minimum Gasteiger partial charge on any atom is -0.359 e. The molecule has 0 aromatic rings. The lowest BCUT2D eigenvalue weighted by atomic mass is 9.91. The van der Waals surface area contributed by atoms with Gasteiger partial charge in [-0.15, -0.1) is 0 Å². The summed E-state index contributed by atoms with van der Waals surface area (Å²) in [5, 5.41) is 0. The van der Waals surface area contributed by atoms with E-state index in [1.54, 1.807) is 0 Å². The first-order valence-corrected chi connectivity index (χ1v) is 5.60. The number of ether oxygens (including phenoxy) is 1. The molecule has 2 heteroatoms. The Labute approximate surface area is 82.3 Å². The van der Waals surface area contributed by atoms with Gasteiger partial charge in [-0.1, -0.05) is 27.7 Å². The second-order valence-corrected chi connectivity index (χ2v) is 3.94. The molecule has 0 bridgehead atoms. The molecule has 2 nitrogen and oxygen atoms in total. The Kier molecular flexibility index (Phi) is 3.74. The van der Waals surface area contributed by atoms with Gasteiger partial charge in [0.25, 0.3) is 0 Å². The predicted molar refractivity (Wildman–Crippen MR) is 55.7 cm³/mol. The first kappa shape index (κ1) is 11.0. The molecule has 1 unspecified atom stereocenters. The topological polar surface area (TPSA) is 12.5 Å². The van der Waals surface area contributed by atoms with Crippen molar-refractivity contribution >= 4 is 0 Å². The molecule has 2 atom stereocenters. The van der Waals surface area contributed by atoms with Gasteiger partial charge in [0.1, 0.15) is 5.72 Å². The quantitative estimate of drug-likeness (QED) is 0.667. The van der Waals surface area contributed by atoms with Crippen LogP contribution in [0.2, 0.25) is 0 Å². The Balaban J connectivity index is 2.77. The molecule has 1 aliphatic heterocycles. The van der Waals surface area contributed by atoms with Crippen molar-refractivity contribution in [3.8, 4) is 0 Å². The van der Waals surface area contributed by atoms with Crippen molar-refractivity contribution in [2.75, 3.05) is 19.7 Å². The van der Waals surface area contributed by atoms with Crippen molar-refractivity contribution in [1.29, 1.82) is 0 Å². The zero-order chi connectivity index (χ0) is 9.90. The number of rotatable bonds is 4. The van der Waals surface area contributed by atoms with E-state index in [1.807, 2.05) is 0 Å². The molecule has 13 heavy (non-hydrogen) atoms. The lowest BCUT2D eigenvalue weighted by Gasteiger charge is -2.40. The third-order valence-corrected chi connectivity index (χ3v) is 3.52. The van der Waals surface area contributed by atoms with Crippen LogP contribution in [-0.4, -0.2) is 30.3 Å². The molecule has 0 amide bonds. The minimum atomic E-state index is 0.0451. The summed E-state index contributed by atoms with van der Waals surface area (Å²) in [7, 11) is 0. The largest absolute Gasteiger partial charge is 0.359 e. The second kappa shape index (κ2) is 4.43. The van der Waals surface area contributed by atoms with E-state index in [-0.39, 0.29) is 5.72 Å². The normalized spacial score (nSPS) is 32.3. The Morgan fingerprint density at radius 1 is 1.38 bits per heavy atom. The van der Waals surface area contributed by atoms with E-state index in [0.717, 1.165) is 26.1 Å². The fourth-order valence-electron chi connectivity index (χ4n) is 2.49. The zero-order valence-electron chi connectivity index (χ0n) is 9.47. The highest BCUT2D eigenvalue weighted by atomic mass is 16.5. The van der Waals surface area contributed by atoms with Gasteiger partial charge in [0.2, 0.25) is 0 Å². The average molecular weight is 185 g/mol. The van der Waals surface area contributed by atoms with Gasteiger partial charge in [0, 0.05) is 6.54 Å². The van der Waals surface area contributed by atoms with E-state index < -0.39 is 0 Å². The molecule has 78 valence electrons. The molecule has 1 rings (SSSR count). The lowest BCUT2D eigenvalue weighted by molar-refractivity contribution is -0.123. The number of hydrogen-bond donors (Lipinski definition) is 0. The SMILES string of the molecule is CC[C@H](C)C1(CC)OCCN1CC. The van der Waals surface area contributed by atoms with Gasteiger partial charge in [0.05, 0.1) is 6.61 Å². The molecule has 0 spiro atoms. The summed E-state index contributed by atoms with van der Waals surface area (Å²) in [6, 6.07) is 0. The van der Waals surface area contributed by atoms with Crippen molar-refractivity contribution in [1.82, 2.24) is 4.90 Å². The number of nitrogens with zero attached hydrogens (tertiary/aromatic N) is 1. The van der Waals surface area contributed by atoms with Crippen molar-refractivity contribution in [2.24, 2.45) is 5.92 Å². The summed E-state index contributed by atoms with van der Waals surface area (Å²) in [6.45, 7) is 12.1. The molecule has 1 saturated heterocycles. The molecule has 0 N–H and O–H groups in total. The van der Waals surface area contributed by atoms with Crippen LogP contribution in [0.25, 0.3) is 0 Å². The monoisotopic (exact) mass is 185 g/mol. The van der Waals surface area contributed by atoms with E-state index in [9.17, 15) is 0 Å². The summed E-state index contributed by atoms with van der Waals surface area (Å²) in [6.07, 6.45) is 2.31. The van der Waals surface area contributed by atoms with Gasteiger partial charge >= 0.3 is 0 Å².